The van der Waals surface area contributed by atoms with Crippen molar-refractivity contribution in [3.63, 3.8) is 0 Å². The third-order valence-corrected chi connectivity index (χ3v) is 6.25. The largest absolute Gasteiger partial charge is 0.507 e. The number of aryl methyl sites for hydroxylation is 1. The van der Waals surface area contributed by atoms with Crippen molar-refractivity contribution in [2.24, 2.45) is 0 Å². The van der Waals surface area contributed by atoms with Gasteiger partial charge in [-0.1, -0.05) is 62.7 Å². The number of carbonyl (C=O) groups excluding carboxylic acids is 2. The van der Waals surface area contributed by atoms with Crippen molar-refractivity contribution in [3.05, 3.63) is 44.4 Å². The van der Waals surface area contributed by atoms with Gasteiger partial charge in [0.2, 0.25) is 0 Å². The molecule has 0 amide bonds. The topological polar surface area (TPSA) is 113 Å². The molecule has 0 fully saturated rings. The predicted molar refractivity (Wildman–Crippen MR) is 131 cm³/mol. The van der Waals surface area contributed by atoms with Crippen molar-refractivity contribution < 1.29 is 34.4 Å². The zero-order valence-electron chi connectivity index (χ0n) is 19.5. The lowest BCUT2D eigenvalue weighted by Gasteiger charge is -2.17. The summed E-state index contributed by atoms with van der Waals surface area (Å²) in [6.45, 7) is 4.05. The van der Waals surface area contributed by atoms with Gasteiger partial charge >= 0.3 is 11.9 Å². The van der Waals surface area contributed by atoms with Crippen LogP contribution in [0.25, 0.3) is 0 Å². The summed E-state index contributed by atoms with van der Waals surface area (Å²) in [6, 6.07) is 2.61. The Morgan fingerprint density at radius 1 is 0.824 bits per heavy atom. The Hall–Kier alpha value is -2.64. The molecule has 0 aliphatic rings. The second-order valence-corrected chi connectivity index (χ2v) is 8.71. The molecule has 0 atom stereocenters. The van der Waals surface area contributed by atoms with Gasteiger partial charge in [0.15, 0.2) is 11.5 Å². The molecule has 0 aliphatic heterocycles. The Kier molecular flexibility index (Phi) is 10.3. The number of hydrogen-bond donors (Lipinski definition) is 3. The van der Waals surface area contributed by atoms with E-state index in [2.05, 4.69) is 0 Å². The fourth-order valence-corrected chi connectivity index (χ4v) is 4.22. The maximum Gasteiger partial charge on any atom is 0.347 e. The van der Waals surface area contributed by atoms with E-state index in [9.17, 15) is 24.9 Å². The van der Waals surface area contributed by atoms with E-state index in [1.54, 1.807) is 0 Å². The van der Waals surface area contributed by atoms with Crippen LogP contribution >= 0.6 is 23.2 Å². The van der Waals surface area contributed by atoms with Crippen LogP contribution in [0.3, 0.4) is 0 Å². The zero-order chi connectivity index (χ0) is 25.4. The Morgan fingerprint density at radius 3 is 2.03 bits per heavy atom. The summed E-state index contributed by atoms with van der Waals surface area (Å²) in [5, 5.41) is 30.6. The van der Waals surface area contributed by atoms with Gasteiger partial charge in [-0.3, -0.25) is 0 Å². The molecule has 9 heteroatoms. The quantitative estimate of drug-likeness (QED) is 0.177. The first-order chi connectivity index (χ1) is 16.2. The maximum atomic E-state index is 13.1. The van der Waals surface area contributed by atoms with Gasteiger partial charge < -0.3 is 24.8 Å². The van der Waals surface area contributed by atoms with Crippen molar-refractivity contribution in [3.8, 4) is 23.0 Å². The lowest BCUT2D eigenvalue weighted by Crippen LogP contribution is -2.14. The fraction of sp³-hybridized carbons (Fsp3) is 0.440. The van der Waals surface area contributed by atoms with E-state index in [0.29, 0.717) is 24.8 Å². The van der Waals surface area contributed by atoms with Gasteiger partial charge in [0, 0.05) is 6.07 Å². The van der Waals surface area contributed by atoms with E-state index < -0.39 is 34.2 Å². The molecule has 0 saturated heterocycles. The van der Waals surface area contributed by atoms with E-state index in [4.69, 9.17) is 32.7 Å². The van der Waals surface area contributed by atoms with E-state index in [1.807, 2.05) is 13.8 Å². The highest BCUT2D eigenvalue weighted by molar-refractivity contribution is 6.39. The Morgan fingerprint density at radius 2 is 1.44 bits per heavy atom. The van der Waals surface area contributed by atoms with E-state index in [0.717, 1.165) is 38.2 Å². The number of hydrogen-bond acceptors (Lipinski definition) is 7. The van der Waals surface area contributed by atoms with Crippen LogP contribution in [0.2, 0.25) is 10.0 Å². The molecule has 0 saturated carbocycles. The smallest absolute Gasteiger partial charge is 0.347 e. The summed E-state index contributed by atoms with van der Waals surface area (Å²) in [6.07, 6.45) is 5.80. The molecule has 2 aromatic carbocycles. The molecule has 0 heterocycles. The average Bonchev–Trinajstić information content (AvgIpc) is 2.80. The van der Waals surface area contributed by atoms with Crippen LogP contribution in [0, 0.1) is 0 Å². The summed E-state index contributed by atoms with van der Waals surface area (Å²) in [5.74, 6) is -3.23. The molecule has 0 radical (unpaired) electrons. The Labute approximate surface area is 209 Å². The number of phenolic OH excluding ortho intramolecular Hbond substituents is 3. The van der Waals surface area contributed by atoms with Crippen LogP contribution in [-0.4, -0.2) is 34.4 Å². The van der Waals surface area contributed by atoms with Crippen molar-refractivity contribution in [2.75, 3.05) is 7.11 Å². The maximum absolute atomic E-state index is 13.1. The van der Waals surface area contributed by atoms with Crippen molar-refractivity contribution in [1.82, 2.24) is 0 Å². The van der Waals surface area contributed by atoms with Crippen molar-refractivity contribution in [1.29, 1.82) is 0 Å². The second kappa shape index (κ2) is 12.7. The van der Waals surface area contributed by atoms with E-state index in [-0.39, 0.29) is 27.5 Å². The molecule has 7 nitrogen and oxygen atoms in total. The Balaban J connectivity index is 2.49. The lowest BCUT2D eigenvalue weighted by atomic mass is 9.99. The number of halogens is 2. The minimum absolute atomic E-state index is 0.0113. The third kappa shape index (κ3) is 6.27. The minimum Gasteiger partial charge on any atom is -0.507 e. The number of unbranched alkanes of at least 4 members (excludes halogenated alkanes) is 4. The first kappa shape index (κ1) is 27.6. The molecule has 2 rings (SSSR count). The summed E-state index contributed by atoms with van der Waals surface area (Å²) in [4.78, 5) is 25.3. The standard InChI is InChI=1S/C25H30Cl2O7/c1-4-6-8-10-14-12-15(13-17(28)18(14)24(31)33-3)34-25(32)19-16(11-9-7-5-2)20(26)23(30)21(27)22(19)29/h12-13,28-30H,4-11H2,1-3H3. The fourth-order valence-electron chi connectivity index (χ4n) is 3.69. The summed E-state index contributed by atoms with van der Waals surface area (Å²) in [7, 11) is 1.21. The molecule has 0 unspecified atom stereocenters. The number of carbonyl (C=O) groups is 2. The molecular weight excluding hydrogens is 483 g/mol. The van der Waals surface area contributed by atoms with Crippen LogP contribution in [-0.2, 0) is 17.6 Å². The molecule has 0 spiro atoms. The summed E-state index contributed by atoms with van der Waals surface area (Å²) < 4.78 is 10.2. The SMILES string of the molecule is CCCCCc1cc(OC(=O)c2c(O)c(Cl)c(O)c(Cl)c2CCCCC)cc(O)c1C(=O)OC. The van der Waals surface area contributed by atoms with Gasteiger partial charge in [0.25, 0.3) is 0 Å². The molecule has 0 aliphatic carbocycles. The normalized spacial score (nSPS) is 10.9. The van der Waals surface area contributed by atoms with Crippen molar-refractivity contribution in [2.45, 2.75) is 65.2 Å². The van der Waals surface area contributed by atoms with Gasteiger partial charge in [-0.05, 0) is 42.9 Å². The van der Waals surface area contributed by atoms with Gasteiger partial charge in [0.05, 0.1) is 12.1 Å². The number of aromatic hydroxyl groups is 3. The lowest BCUT2D eigenvalue weighted by molar-refractivity contribution is 0.0596. The zero-order valence-corrected chi connectivity index (χ0v) is 21.1. The van der Waals surface area contributed by atoms with Crippen LogP contribution in [0.4, 0.5) is 0 Å². The van der Waals surface area contributed by atoms with Crippen LogP contribution in [0.15, 0.2) is 12.1 Å². The third-order valence-electron chi connectivity index (χ3n) is 5.48. The highest BCUT2D eigenvalue weighted by Gasteiger charge is 2.28. The van der Waals surface area contributed by atoms with Gasteiger partial charge in [-0.15, -0.1) is 0 Å². The minimum atomic E-state index is -0.961. The average molecular weight is 513 g/mol. The summed E-state index contributed by atoms with van der Waals surface area (Å²) in [5.41, 5.74) is 0.445. The number of ether oxygens (including phenoxy) is 2. The molecule has 3 N–H and O–H groups in total. The highest BCUT2D eigenvalue weighted by atomic mass is 35.5. The molecule has 34 heavy (non-hydrogen) atoms. The highest BCUT2D eigenvalue weighted by Crippen LogP contribution is 2.45. The van der Waals surface area contributed by atoms with E-state index in [1.165, 1.54) is 13.2 Å². The first-order valence-electron chi connectivity index (χ1n) is 11.3. The van der Waals surface area contributed by atoms with Crippen LogP contribution in [0.1, 0.15) is 84.2 Å². The molecule has 0 aromatic heterocycles. The Bertz CT molecular complexity index is 1050. The molecular formula is C25H30Cl2O7. The number of rotatable bonds is 11. The van der Waals surface area contributed by atoms with Gasteiger partial charge in [0.1, 0.15) is 27.6 Å². The van der Waals surface area contributed by atoms with Crippen molar-refractivity contribution >= 4 is 35.1 Å². The number of phenols is 3. The predicted octanol–water partition coefficient (Wildman–Crippen LogP) is 6.58. The molecule has 0 bridgehead atoms. The summed E-state index contributed by atoms with van der Waals surface area (Å²) >= 11 is 12.2. The van der Waals surface area contributed by atoms with Crippen LogP contribution in [0.5, 0.6) is 23.0 Å². The number of benzene rings is 2. The first-order valence-corrected chi connectivity index (χ1v) is 12.0. The van der Waals surface area contributed by atoms with Crippen LogP contribution < -0.4 is 4.74 Å². The second-order valence-electron chi connectivity index (χ2n) is 7.95. The number of methoxy groups -OCH3 is 1. The van der Waals surface area contributed by atoms with Gasteiger partial charge in [-0.25, -0.2) is 9.59 Å². The monoisotopic (exact) mass is 512 g/mol. The molecule has 2 aromatic rings. The number of esters is 2. The molecule has 186 valence electrons. The van der Waals surface area contributed by atoms with Gasteiger partial charge in [-0.2, -0.15) is 0 Å². The van der Waals surface area contributed by atoms with E-state index >= 15 is 0 Å².